The van der Waals surface area contributed by atoms with Gasteiger partial charge in [0, 0.05) is 50.7 Å². The molecule has 1 aliphatic rings. The van der Waals surface area contributed by atoms with Gasteiger partial charge >= 0.3 is 6.03 Å². The van der Waals surface area contributed by atoms with Gasteiger partial charge in [-0.3, -0.25) is 10.1 Å². The first kappa shape index (κ1) is 34.1. The number of likely N-dealkylation sites (tertiary alicyclic amines) is 1. The lowest BCUT2D eigenvalue weighted by atomic mass is 9.94. The number of nitrogens with zero attached hydrogens (tertiary/aromatic N) is 6. The van der Waals surface area contributed by atoms with Gasteiger partial charge in [-0.2, -0.15) is 9.97 Å². The molecule has 1 fully saturated rings. The molecule has 9 nitrogen and oxygen atoms in total. The van der Waals surface area contributed by atoms with Crippen molar-refractivity contribution < 1.29 is 9.59 Å². The molecule has 2 heterocycles. The predicted octanol–water partition coefficient (Wildman–Crippen LogP) is 7.24. The number of halogens is 6. The summed E-state index contributed by atoms with van der Waals surface area (Å²) >= 11 is 35.8. The van der Waals surface area contributed by atoms with Crippen LogP contribution in [-0.2, 0) is 12.4 Å². The first-order valence-electron chi connectivity index (χ1n) is 13.0. The van der Waals surface area contributed by atoms with E-state index in [1.807, 2.05) is 86.5 Å². The fourth-order valence-electron chi connectivity index (χ4n) is 4.18. The van der Waals surface area contributed by atoms with Crippen molar-refractivity contribution in [3.8, 4) is 0 Å². The van der Waals surface area contributed by atoms with Gasteiger partial charge in [-0.15, -0.1) is 0 Å². The van der Waals surface area contributed by atoms with Crippen molar-refractivity contribution in [3.63, 3.8) is 0 Å². The summed E-state index contributed by atoms with van der Waals surface area (Å²) in [4.78, 5) is 44.6. The Morgan fingerprint density at radius 2 is 1.11 bits per heavy atom. The number of anilines is 3. The maximum absolute atomic E-state index is 13.7. The third-order valence-electron chi connectivity index (χ3n) is 6.45. The van der Waals surface area contributed by atoms with Gasteiger partial charge in [0.2, 0.25) is 13.5 Å². The van der Waals surface area contributed by atoms with Crippen LogP contribution >= 0.6 is 69.6 Å². The molecule has 1 aromatic heterocycles. The Bertz CT molecular complexity index is 1490. The van der Waals surface area contributed by atoms with Gasteiger partial charge in [0.1, 0.15) is 0 Å². The van der Waals surface area contributed by atoms with E-state index in [9.17, 15) is 9.59 Å². The molecule has 2 aromatic carbocycles. The molecule has 0 aliphatic carbocycles. The van der Waals surface area contributed by atoms with Gasteiger partial charge in [-0.05, 0) is 47.5 Å². The molecule has 4 rings (SSSR count). The van der Waals surface area contributed by atoms with Crippen LogP contribution in [0, 0.1) is 0 Å². The third-order valence-corrected chi connectivity index (χ3v) is 7.47. The highest BCUT2D eigenvalue weighted by molar-refractivity contribution is 6.67. The highest BCUT2D eigenvalue weighted by Crippen LogP contribution is 2.40. The Labute approximate surface area is 285 Å². The van der Waals surface area contributed by atoms with Crippen LogP contribution in [0.25, 0.3) is 12.2 Å². The Morgan fingerprint density at radius 3 is 1.45 bits per heavy atom. The van der Waals surface area contributed by atoms with Crippen LogP contribution < -0.4 is 15.1 Å². The maximum atomic E-state index is 13.7. The van der Waals surface area contributed by atoms with Gasteiger partial charge in [-0.25, -0.2) is 9.78 Å². The molecular formula is C29H27Cl6N7O2. The predicted molar refractivity (Wildman–Crippen MR) is 181 cm³/mol. The van der Waals surface area contributed by atoms with Crippen LogP contribution in [0.2, 0.25) is 0 Å². The molecule has 0 atom stereocenters. The lowest BCUT2D eigenvalue weighted by Gasteiger charge is -2.30. The molecule has 0 bridgehead atoms. The number of carbonyl (C=O) groups excluding carboxylic acids is 2. The van der Waals surface area contributed by atoms with E-state index in [1.54, 1.807) is 12.2 Å². The highest BCUT2D eigenvalue weighted by Gasteiger charge is 2.35. The highest BCUT2D eigenvalue weighted by atomic mass is 35.6. The molecule has 44 heavy (non-hydrogen) atoms. The van der Waals surface area contributed by atoms with Crippen LogP contribution in [0.1, 0.15) is 22.8 Å². The minimum atomic E-state index is -2.10. The fraction of sp³-hybridized carbons (Fsp3) is 0.276. The SMILES string of the molecule is CN(C)c1ccc(/C=C2\CN(C(=O)Nc3nc(C(Cl)(Cl)Cl)nc(C(Cl)(Cl)Cl)n3)C/C(=C\c3ccc(N(C)C)cc3)C2=O)cc1. The van der Waals surface area contributed by atoms with Crippen molar-refractivity contribution in [1.82, 2.24) is 19.9 Å². The molecule has 2 amide bonds. The van der Waals surface area contributed by atoms with Crippen molar-refractivity contribution in [2.45, 2.75) is 7.59 Å². The van der Waals surface area contributed by atoms with E-state index in [0.717, 1.165) is 22.5 Å². The molecule has 1 N–H and O–H groups in total. The molecular weight excluding hydrogens is 691 g/mol. The second-order valence-electron chi connectivity index (χ2n) is 10.2. The zero-order chi connectivity index (χ0) is 32.4. The lowest BCUT2D eigenvalue weighted by molar-refractivity contribution is -0.113. The van der Waals surface area contributed by atoms with Crippen molar-refractivity contribution in [2.24, 2.45) is 0 Å². The van der Waals surface area contributed by atoms with Gasteiger partial charge in [0.05, 0.1) is 13.1 Å². The minimum Gasteiger partial charge on any atom is -0.378 e. The second kappa shape index (κ2) is 13.7. The first-order chi connectivity index (χ1) is 20.5. The Balaban J connectivity index is 1.70. The second-order valence-corrected chi connectivity index (χ2v) is 14.8. The Morgan fingerprint density at radius 1 is 0.727 bits per heavy atom. The summed E-state index contributed by atoms with van der Waals surface area (Å²) in [5.41, 5.74) is 4.41. The molecule has 15 heteroatoms. The number of piperidine rings is 1. The monoisotopic (exact) mass is 715 g/mol. The van der Waals surface area contributed by atoms with E-state index >= 15 is 0 Å². The summed E-state index contributed by atoms with van der Waals surface area (Å²) in [6, 6.07) is 14.7. The number of amides is 2. The summed E-state index contributed by atoms with van der Waals surface area (Å²) in [5.74, 6) is -1.20. The van der Waals surface area contributed by atoms with Crippen molar-refractivity contribution >= 4 is 111 Å². The van der Waals surface area contributed by atoms with Crippen LogP contribution in [0.5, 0.6) is 0 Å². The van der Waals surface area contributed by atoms with Gasteiger partial charge in [0.25, 0.3) is 0 Å². The number of hydrogen-bond donors (Lipinski definition) is 1. The van der Waals surface area contributed by atoms with Crippen LogP contribution in [0.4, 0.5) is 22.1 Å². The number of nitrogens with one attached hydrogen (secondary N) is 1. The molecule has 232 valence electrons. The average molecular weight is 718 g/mol. The fourth-order valence-corrected chi connectivity index (χ4v) is 4.69. The number of carbonyl (C=O) groups is 2. The normalized spacial score (nSPS) is 16.0. The summed E-state index contributed by atoms with van der Waals surface area (Å²) in [6.45, 7) is -0.00652. The minimum absolute atomic E-state index is 0.00326. The van der Waals surface area contributed by atoms with Gasteiger partial charge < -0.3 is 14.7 Å². The maximum Gasteiger partial charge on any atom is 0.324 e. The number of rotatable bonds is 5. The smallest absolute Gasteiger partial charge is 0.324 e. The summed E-state index contributed by atoms with van der Waals surface area (Å²) < 4.78 is -4.19. The van der Waals surface area contributed by atoms with E-state index in [1.165, 1.54) is 4.90 Å². The van der Waals surface area contributed by atoms with E-state index in [0.29, 0.717) is 11.1 Å². The molecule has 3 aromatic rings. The van der Waals surface area contributed by atoms with Crippen molar-refractivity contribution in [2.75, 3.05) is 56.4 Å². The van der Waals surface area contributed by atoms with Crippen LogP contribution in [0.15, 0.2) is 59.7 Å². The topological polar surface area (TPSA) is 94.6 Å². The number of benzene rings is 2. The van der Waals surface area contributed by atoms with E-state index in [2.05, 4.69) is 20.3 Å². The molecule has 1 saturated heterocycles. The summed E-state index contributed by atoms with van der Waals surface area (Å²) in [5, 5.41) is 2.56. The molecule has 0 radical (unpaired) electrons. The van der Waals surface area contributed by atoms with Crippen LogP contribution in [-0.4, -0.2) is 72.9 Å². The number of urea groups is 1. The number of aromatic nitrogens is 3. The molecule has 1 aliphatic heterocycles. The summed E-state index contributed by atoms with van der Waals surface area (Å²) in [6.07, 6.45) is 3.52. The van der Waals surface area contributed by atoms with E-state index in [4.69, 9.17) is 69.6 Å². The summed E-state index contributed by atoms with van der Waals surface area (Å²) in [7, 11) is 7.76. The number of ketones is 1. The zero-order valence-electron chi connectivity index (χ0n) is 24.0. The van der Waals surface area contributed by atoms with Gasteiger partial charge in [0.15, 0.2) is 17.4 Å². The molecule has 0 unspecified atom stereocenters. The van der Waals surface area contributed by atoms with E-state index in [-0.39, 0.29) is 36.5 Å². The number of hydrogen-bond acceptors (Lipinski definition) is 7. The quantitative estimate of drug-likeness (QED) is 0.220. The largest absolute Gasteiger partial charge is 0.378 e. The number of alkyl halides is 6. The lowest BCUT2D eigenvalue weighted by Crippen LogP contribution is -2.44. The Kier molecular flexibility index (Phi) is 10.6. The molecule has 0 spiro atoms. The van der Waals surface area contributed by atoms with Crippen LogP contribution in [0.3, 0.4) is 0 Å². The van der Waals surface area contributed by atoms with Crippen molar-refractivity contribution in [3.05, 3.63) is 82.5 Å². The molecule has 0 saturated carbocycles. The van der Waals surface area contributed by atoms with Crippen molar-refractivity contribution in [1.29, 1.82) is 0 Å². The standard InChI is InChI=1S/C29H27Cl6N7O2/c1-40(2)21-9-5-17(6-10-21)13-19-15-42(16-20(23(19)43)14-18-7-11-22(12-8-18)41(3)4)27(44)39-26-37-24(28(30,31)32)36-25(38-26)29(33,34)35/h5-14H,15-16H2,1-4H3,(H,36,37,38,39,44)/b19-13+,20-14+. The van der Waals surface area contributed by atoms with E-state index < -0.39 is 13.6 Å². The van der Waals surface area contributed by atoms with Gasteiger partial charge in [-0.1, -0.05) is 93.9 Å². The zero-order valence-corrected chi connectivity index (χ0v) is 28.5. The first-order valence-corrected chi connectivity index (χ1v) is 15.2. The average Bonchev–Trinajstić information content (AvgIpc) is 2.94. The number of Topliss-reactive ketones (excluding diaryl/α,β-unsaturated/α-hetero) is 1. The Hall–Kier alpha value is -2.79. The third kappa shape index (κ3) is 8.68.